The lowest BCUT2D eigenvalue weighted by atomic mass is 9.95. The maximum atomic E-state index is 6.23. The van der Waals surface area contributed by atoms with Crippen LogP contribution in [0.15, 0.2) is 40.8 Å². The normalized spacial score (nSPS) is 16.7. The second kappa shape index (κ2) is 4.12. The van der Waals surface area contributed by atoms with Gasteiger partial charge in [-0.25, -0.2) is 0 Å². The summed E-state index contributed by atoms with van der Waals surface area (Å²) >= 11 is 0. The van der Waals surface area contributed by atoms with Gasteiger partial charge in [-0.3, -0.25) is 0 Å². The Hall–Kier alpha value is -1.76. The molecule has 1 heteroatoms. The van der Waals surface area contributed by atoms with Gasteiger partial charge in [0.25, 0.3) is 0 Å². The largest absolute Gasteiger partial charge is 0.455 e. The predicted octanol–water partition coefficient (Wildman–Crippen LogP) is 5.55. The van der Waals surface area contributed by atoms with Gasteiger partial charge in [0.1, 0.15) is 11.2 Å². The van der Waals surface area contributed by atoms with Crippen LogP contribution in [0.5, 0.6) is 0 Å². The number of hydrogen-bond donors (Lipinski definition) is 0. The van der Waals surface area contributed by atoms with Crippen LogP contribution >= 0.6 is 0 Å². The molecule has 1 fully saturated rings. The number of benzene rings is 2. The molecule has 0 spiro atoms. The molecule has 0 N–H and O–H groups in total. The third-order valence-electron chi connectivity index (χ3n) is 4.55. The molecule has 4 rings (SSSR count). The molecular formula is C18H18O. The zero-order valence-corrected chi connectivity index (χ0v) is 11.3. The van der Waals surface area contributed by atoms with Crippen LogP contribution in [0.25, 0.3) is 21.9 Å². The molecule has 0 atom stereocenters. The number of furan rings is 1. The molecule has 0 radical (unpaired) electrons. The zero-order chi connectivity index (χ0) is 12.8. The number of hydrogen-bond acceptors (Lipinski definition) is 1. The van der Waals surface area contributed by atoms with Crippen LogP contribution in [0.1, 0.15) is 42.7 Å². The Morgan fingerprint density at radius 1 is 0.895 bits per heavy atom. The zero-order valence-electron chi connectivity index (χ0n) is 11.3. The molecule has 0 saturated heterocycles. The summed E-state index contributed by atoms with van der Waals surface area (Å²) in [5.74, 6) is 0.699. The van der Waals surface area contributed by atoms with Crippen molar-refractivity contribution in [2.75, 3.05) is 0 Å². The van der Waals surface area contributed by atoms with Gasteiger partial charge in [-0.05, 0) is 36.8 Å². The monoisotopic (exact) mass is 250 g/mol. The second-order valence-electron chi connectivity index (χ2n) is 5.76. The molecule has 1 nitrogen and oxygen atoms in total. The standard InChI is InChI=1S/C18H18O/c1-12-6-4-10-15-16-11-5-9-14(13-7-2-3-8-13)18(16)19-17(12)15/h4-6,9-11,13H,2-3,7-8H2,1H3. The maximum absolute atomic E-state index is 6.23. The quantitative estimate of drug-likeness (QED) is 0.551. The third kappa shape index (κ3) is 1.61. The van der Waals surface area contributed by atoms with E-state index in [9.17, 15) is 0 Å². The van der Waals surface area contributed by atoms with Gasteiger partial charge >= 0.3 is 0 Å². The summed E-state index contributed by atoms with van der Waals surface area (Å²) in [5, 5.41) is 2.54. The van der Waals surface area contributed by atoms with Crippen molar-refractivity contribution in [1.29, 1.82) is 0 Å². The van der Waals surface area contributed by atoms with Crippen LogP contribution < -0.4 is 0 Å². The van der Waals surface area contributed by atoms with Crippen molar-refractivity contribution < 1.29 is 4.42 Å². The first-order chi connectivity index (χ1) is 9.34. The second-order valence-corrected chi connectivity index (χ2v) is 5.76. The van der Waals surface area contributed by atoms with E-state index in [0.29, 0.717) is 5.92 Å². The average Bonchev–Trinajstić information content (AvgIpc) is 3.06. The summed E-state index contributed by atoms with van der Waals surface area (Å²) in [6.45, 7) is 2.12. The molecule has 2 aromatic carbocycles. The Kier molecular flexibility index (Phi) is 2.41. The van der Waals surface area contributed by atoms with E-state index < -0.39 is 0 Å². The summed E-state index contributed by atoms with van der Waals surface area (Å²) in [6.07, 6.45) is 5.35. The van der Waals surface area contributed by atoms with Crippen molar-refractivity contribution in [3.63, 3.8) is 0 Å². The van der Waals surface area contributed by atoms with Crippen molar-refractivity contribution in [2.45, 2.75) is 38.5 Å². The first-order valence-electron chi connectivity index (χ1n) is 7.25. The summed E-state index contributed by atoms with van der Waals surface area (Å²) in [6, 6.07) is 13.1. The lowest BCUT2D eigenvalue weighted by Gasteiger charge is -2.09. The highest BCUT2D eigenvalue weighted by Crippen LogP contribution is 2.40. The van der Waals surface area contributed by atoms with Crippen LogP contribution in [0.4, 0.5) is 0 Å². The molecule has 1 aliphatic carbocycles. The minimum Gasteiger partial charge on any atom is -0.455 e. The van der Waals surface area contributed by atoms with Crippen LogP contribution in [0, 0.1) is 6.92 Å². The Morgan fingerprint density at radius 3 is 2.37 bits per heavy atom. The molecule has 0 unspecified atom stereocenters. The Balaban J connectivity index is 2.05. The lowest BCUT2D eigenvalue weighted by molar-refractivity contribution is 0.641. The van der Waals surface area contributed by atoms with E-state index >= 15 is 0 Å². The van der Waals surface area contributed by atoms with Crippen molar-refractivity contribution >= 4 is 21.9 Å². The van der Waals surface area contributed by atoms with E-state index in [1.165, 1.54) is 47.6 Å². The minimum atomic E-state index is 0.699. The molecule has 1 aliphatic rings. The third-order valence-corrected chi connectivity index (χ3v) is 4.55. The number of aryl methyl sites for hydroxylation is 1. The first kappa shape index (κ1) is 11.1. The number of fused-ring (bicyclic) bond motifs is 3. The molecule has 1 saturated carbocycles. The van der Waals surface area contributed by atoms with Crippen molar-refractivity contribution in [3.05, 3.63) is 47.5 Å². The fourth-order valence-corrected chi connectivity index (χ4v) is 3.54. The SMILES string of the molecule is Cc1cccc2c1oc1c(C3CCCC3)cccc12. The van der Waals surface area contributed by atoms with E-state index in [0.717, 1.165) is 11.2 Å². The molecule has 96 valence electrons. The number of rotatable bonds is 1. The minimum absolute atomic E-state index is 0.699. The summed E-state index contributed by atoms with van der Waals surface area (Å²) in [5.41, 5.74) is 4.83. The summed E-state index contributed by atoms with van der Waals surface area (Å²) in [7, 11) is 0. The average molecular weight is 250 g/mol. The van der Waals surface area contributed by atoms with Crippen LogP contribution in [0.2, 0.25) is 0 Å². The summed E-state index contributed by atoms with van der Waals surface area (Å²) in [4.78, 5) is 0. The molecule has 0 amide bonds. The Bertz CT molecular complexity index is 745. The van der Waals surface area contributed by atoms with Crippen LogP contribution in [0.3, 0.4) is 0 Å². The Labute approximate surface area is 113 Å². The molecule has 19 heavy (non-hydrogen) atoms. The number of para-hydroxylation sites is 2. The van der Waals surface area contributed by atoms with E-state index in [1.54, 1.807) is 0 Å². The molecule has 0 aliphatic heterocycles. The van der Waals surface area contributed by atoms with Crippen molar-refractivity contribution in [2.24, 2.45) is 0 Å². The topological polar surface area (TPSA) is 13.1 Å². The molecule has 1 aromatic heterocycles. The molecule has 3 aromatic rings. The molecule has 0 bridgehead atoms. The van der Waals surface area contributed by atoms with Gasteiger partial charge in [-0.15, -0.1) is 0 Å². The predicted molar refractivity (Wildman–Crippen MR) is 79.7 cm³/mol. The van der Waals surface area contributed by atoms with Gasteiger partial charge in [0.15, 0.2) is 0 Å². The smallest absolute Gasteiger partial charge is 0.138 e. The maximum Gasteiger partial charge on any atom is 0.138 e. The van der Waals surface area contributed by atoms with Gasteiger partial charge < -0.3 is 4.42 Å². The molecule has 1 heterocycles. The fraction of sp³-hybridized carbons (Fsp3) is 0.333. The van der Waals surface area contributed by atoms with Gasteiger partial charge in [0.05, 0.1) is 0 Å². The van der Waals surface area contributed by atoms with E-state index in [4.69, 9.17) is 4.42 Å². The summed E-state index contributed by atoms with van der Waals surface area (Å²) < 4.78 is 6.23. The fourth-order valence-electron chi connectivity index (χ4n) is 3.54. The highest BCUT2D eigenvalue weighted by atomic mass is 16.3. The van der Waals surface area contributed by atoms with E-state index in [1.807, 2.05) is 0 Å². The Morgan fingerprint density at radius 2 is 1.58 bits per heavy atom. The highest BCUT2D eigenvalue weighted by Gasteiger charge is 2.21. The molecular weight excluding hydrogens is 232 g/mol. The first-order valence-corrected chi connectivity index (χ1v) is 7.25. The lowest BCUT2D eigenvalue weighted by Crippen LogP contribution is -1.91. The van der Waals surface area contributed by atoms with Gasteiger partial charge in [-0.1, -0.05) is 49.2 Å². The van der Waals surface area contributed by atoms with Gasteiger partial charge in [-0.2, -0.15) is 0 Å². The highest BCUT2D eigenvalue weighted by molar-refractivity contribution is 6.06. The van der Waals surface area contributed by atoms with Gasteiger partial charge in [0.2, 0.25) is 0 Å². The van der Waals surface area contributed by atoms with Gasteiger partial charge in [0, 0.05) is 10.8 Å². The van der Waals surface area contributed by atoms with E-state index in [-0.39, 0.29) is 0 Å². The van der Waals surface area contributed by atoms with Crippen molar-refractivity contribution in [3.8, 4) is 0 Å². The van der Waals surface area contributed by atoms with E-state index in [2.05, 4.69) is 43.3 Å². The van der Waals surface area contributed by atoms with Crippen LogP contribution in [-0.2, 0) is 0 Å². The van der Waals surface area contributed by atoms with Crippen molar-refractivity contribution in [1.82, 2.24) is 0 Å². The van der Waals surface area contributed by atoms with Crippen LogP contribution in [-0.4, -0.2) is 0 Å².